The minimum atomic E-state index is 0.892. The summed E-state index contributed by atoms with van der Waals surface area (Å²) in [7, 11) is 0. The lowest BCUT2D eigenvalue weighted by molar-refractivity contribution is 1.18. The van der Waals surface area contributed by atoms with Crippen molar-refractivity contribution >= 4 is 74.5 Å². The fourth-order valence-corrected chi connectivity index (χ4v) is 6.09. The van der Waals surface area contributed by atoms with Crippen LogP contribution < -0.4 is 0 Å². The van der Waals surface area contributed by atoms with Crippen LogP contribution in [0.2, 0.25) is 0 Å². The molecule has 0 aliphatic carbocycles. The number of alkyl halides is 4. The summed E-state index contributed by atoms with van der Waals surface area (Å²) < 4.78 is 0. The normalized spacial score (nSPS) is 11.5. The molecular formula is C18H20Br4. The summed E-state index contributed by atoms with van der Waals surface area (Å²) in [6.45, 7) is 8.99. The van der Waals surface area contributed by atoms with E-state index in [-0.39, 0.29) is 0 Å². The van der Waals surface area contributed by atoms with Gasteiger partial charge in [-0.25, -0.2) is 0 Å². The summed E-state index contributed by atoms with van der Waals surface area (Å²) in [6.07, 6.45) is 0. The highest BCUT2D eigenvalue weighted by molar-refractivity contribution is 9.09. The van der Waals surface area contributed by atoms with E-state index in [2.05, 4.69) is 91.4 Å². The maximum absolute atomic E-state index is 3.72. The average molecular weight is 556 g/mol. The summed E-state index contributed by atoms with van der Waals surface area (Å²) in [5.41, 5.74) is 11.3. The van der Waals surface area contributed by atoms with Crippen molar-refractivity contribution in [2.24, 2.45) is 0 Å². The molecule has 0 atom stereocenters. The highest BCUT2D eigenvalue weighted by atomic mass is 79.9. The van der Waals surface area contributed by atoms with Crippen molar-refractivity contribution in [2.45, 2.75) is 49.0 Å². The van der Waals surface area contributed by atoms with Crippen LogP contribution in [0.1, 0.15) is 44.5 Å². The first-order valence-corrected chi connectivity index (χ1v) is 11.7. The summed E-state index contributed by atoms with van der Waals surface area (Å²) in [5.74, 6) is 0. The summed E-state index contributed by atoms with van der Waals surface area (Å²) in [5, 5.41) is 6.44. The highest BCUT2D eigenvalue weighted by Gasteiger charge is 2.21. The molecule has 0 amide bonds. The van der Waals surface area contributed by atoms with Gasteiger partial charge in [0.2, 0.25) is 0 Å². The fraction of sp³-hybridized carbons (Fsp3) is 0.444. The van der Waals surface area contributed by atoms with Gasteiger partial charge in [0.15, 0.2) is 0 Å². The fourth-order valence-electron chi connectivity index (χ4n) is 3.29. The van der Waals surface area contributed by atoms with E-state index < -0.39 is 0 Å². The molecule has 0 spiro atoms. The van der Waals surface area contributed by atoms with Crippen molar-refractivity contribution in [1.29, 1.82) is 0 Å². The van der Waals surface area contributed by atoms with Crippen molar-refractivity contribution in [3.63, 3.8) is 0 Å². The van der Waals surface area contributed by atoms with Crippen LogP contribution in [-0.4, -0.2) is 0 Å². The van der Waals surface area contributed by atoms with Crippen LogP contribution in [0.4, 0.5) is 0 Å². The summed E-state index contributed by atoms with van der Waals surface area (Å²) in [6, 6.07) is 0. The van der Waals surface area contributed by atoms with Gasteiger partial charge in [0.1, 0.15) is 0 Å². The van der Waals surface area contributed by atoms with Gasteiger partial charge in [0.05, 0.1) is 0 Å². The number of hydrogen-bond acceptors (Lipinski definition) is 0. The third-order valence-electron chi connectivity index (χ3n) is 4.93. The lowest BCUT2D eigenvalue weighted by atomic mass is 9.83. The molecule has 0 heterocycles. The lowest BCUT2D eigenvalue weighted by Crippen LogP contribution is -2.06. The molecule has 0 bridgehead atoms. The van der Waals surface area contributed by atoms with Crippen LogP contribution in [0.5, 0.6) is 0 Å². The second-order valence-corrected chi connectivity index (χ2v) is 7.94. The number of rotatable bonds is 4. The molecule has 120 valence electrons. The molecule has 0 radical (unpaired) electrons. The van der Waals surface area contributed by atoms with E-state index in [0.717, 1.165) is 21.3 Å². The van der Waals surface area contributed by atoms with Gasteiger partial charge in [-0.3, -0.25) is 0 Å². The molecule has 0 fully saturated rings. The van der Waals surface area contributed by atoms with E-state index in [1.807, 2.05) is 0 Å². The van der Waals surface area contributed by atoms with E-state index >= 15 is 0 Å². The Bertz CT molecular complexity index is 611. The molecule has 0 aromatic heterocycles. The SMILES string of the molecule is Cc1c(C)c(CBr)c2c(CBr)c(C)c(C)c(CBr)c2c1CBr. The van der Waals surface area contributed by atoms with E-state index in [1.54, 1.807) is 0 Å². The van der Waals surface area contributed by atoms with Crippen LogP contribution in [-0.2, 0) is 21.3 Å². The number of hydrogen-bond donors (Lipinski definition) is 0. The topological polar surface area (TPSA) is 0 Å². The molecule has 0 nitrogen and oxygen atoms in total. The second kappa shape index (κ2) is 7.67. The maximum Gasteiger partial charge on any atom is 0.0292 e. The standard InChI is InChI=1S/C18H20Br4/c1-9-10(2)14(6-20)18-16(8-22)12(4)11(3)15(7-21)17(18)13(9)5-19/h5-8H2,1-4H3. The molecule has 0 unspecified atom stereocenters. The van der Waals surface area contributed by atoms with E-state index in [4.69, 9.17) is 0 Å². The second-order valence-electron chi connectivity index (χ2n) is 5.70. The lowest BCUT2D eigenvalue weighted by Gasteiger charge is -2.24. The Morgan fingerprint density at radius 3 is 0.773 bits per heavy atom. The Hall–Kier alpha value is 0.620. The van der Waals surface area contributed by atoms with Crippen LogP contribution in [0, 0.1) is 27.7 Å². The smallest absolute Gasteiger partial charge is 0.0292 e. The zero-order valence-corrected chi connectivity index (χ0v) is 19.7. The van der Waals surface area contributed by atoms with Gasteiger partial charge in [-0.15, -0.1) is 0 Å². The number of halogens is 4. The third kappa shape index (κ3) is 2.87. The van der Waals surface area contributed by atoms with Crippen LogP contribution in [0.25, 0.3) is 10.8 Å². The number of benzene rings is 2. The van der Waals surface area contributed by atoms with E-state index in [9.17, 15) is 0 Å². The molecule has 2 aromatic rings. The molecule has 0 aliphatic heterocycles. The third-order valence-corrected chi connectivity index (χ3v) is 7.17. The first-order valence-electron chi connectivity index (χ1n) is 7.23. The van der Waals surface area contributed by atoms with Gasteiger partial charge in [-0.1, -0.05) is 63.7 Å². The van der Waals surface area contributed by atoms with Gasteiger partial charge >= 0.3 is 0 Å². The highest BCUT2D eigenvalue weighted by Crippen LogP contribution is 2.41. The molecule has 0 N–H and O–H groups in total. The van der Waals surface area contributed by atoms with Crippen molar-refractivity contribution in [3.05, 3.63) is 44.5 Å². The Morgan fingerprint density at radius 1 is 0.455 bits per heavy atom. The molecule has 2 rings (SSSR count). The van der Waals surface area contributed by atoms with Crippen molar-refractivity contribution in [1.82, 2.24) is 0 Å². The zero-order valence-electron chi connectivity index (χ0n) is 13.3. The zero-order chi connectivity index (χ0) is 16.6. The van der Waals surface area contributed by atoms with Gasteiger partial charge in [-0.2, -0.15) is 0 Å². The minimum Gasteiger partial charge on any atom is -0.0876 e. The monoisotopic (exact) mass is 552 g/mol. The molecule has 0 saturated carbocycles. The summed E-state index contributed by atoms with van der Waals surface area (Å²) in [4.78, 5) is 0. The van der Waals surface area contributed by atoms with Crippen LogP contribution in [0.3, 0.4) is 0 Å². The van der Waals surface area contributed by atoms with Gasteiger partial charge < -0.3 is 0 Å². The Balaban J connectivity index is 3.23. The van der Waals surface area contributed by atoms with Gasteiger partial charge in [0, 0.05) is 21.3 Å². The quantitative estimate of drug-likeness (QED) is 0.340. The molecule has 0 aliphatic rings. The molecular weight excluding hydrogens is 536 g/mol. The van der Waals surface area contributed by atoms with Crippen molar-refractivity contribution < 1.29 is 0 Å². The minimum absolute atomic E-state index is 0.892. The predicted octanol–water partition coefficient (Wildman–Crippen LogP) is 7.65. The Kier molecular flexibility index (Phi) is 6.61. The molecule has 22 heavy (non-hydrogen) atoms. The van der Waals surface area contributed by atoms with Gasteiger partial charge in [-0.05, 0) is 83.0 Å². The Labute approximate surface area is 167 Å². The number of fused-ring (bicyclic) bond motifs is 1. The van der Waals surface area contributed by atoms with Gasteiger partial charge in [0.25, 0.3) is 0 Å². The first kappa shape index (κ1) is 19.0. The predicted molar refractivity (Wildman–Crippen MR) is 113 cm³/mol. The first-order chi connectivity index (χ1) is 10.4. The van der Waals surface area contributed by atoms with Crippen molar-refractivity contribution in [2.75, 3.05) is 0 Å². The van der Waals surface area contributed by atoms with Crippen molar-refractivity contribution in [3.8, 4) is 0 Å². The molecule has 0 saturated heterocycles. The molecule has 2 aromatic carbocycles. The molecule has 4 heteroatoms. The average Bonchev–Trinajstić information content (AvgIpc) is 2.51. The van der Waals surface area contributed by atoms with E-state index in [1.165, 1.54) is 55.3 Å². The maximum atomic E-state index is 3.72. The largest absolute Gasteiger partial charge is 0.0876 e. The Morgan fingerprint density at radius 2 is 0.636 bits per heavy atom. The van der Waals surface area contributed by atoms with Crippen LogP contribution >= 0.6 is 63.7 Å². The summed E-state index contributed by atoms with van der Waals surface area (Å²) >= 11 is 14.9. The van der Waals surface area contributed by atoms with E-state index in [0.29, 0.717) is 0 Å². The van der Waals surface area contributed by atoms with Crippen LogP contribution in [0.15, 0.2) is 0 Å².